The highest BCUT2D eigenvalue weighted by Crippen LogP contribution is 2.34. The van der Waals surface area contributed by atoms with Gasteiger partial charge in [0.05, 0.1) is 0 Å². The largest absolute Gasteiger partial charge is 0.355 e. The van der Waals surface area contributed by atoms with Crippen molar-refractivity contribution in [3.05, 3.63) is 0 Å². The van der Waals surface area contributed by atoms with E-state index < -0.39 is 0 Å². The van der Waals surface area contributed by atoms with Gasteiger partial charge in [0, 0.05) is 26.8 Å². The topological polar surface area (TPSA) is 30.5 Å². The molecule has 15 heavy (non-hydrogen) atoms. The molecular weight excluding hydrogens is 190 g/mol. The molecular formula is C12H25NO2. The molecule has 1 aliphatic rings. The molecule has 0 aliphatic heterocycles. The summed E-state index contributed by atoms with van der Waals surface area (Å²) >= 11 is 0. The summed E-state index contributed by atoms with van der Waals surface area (Å²) in [4.78, 5) is 0. The summed E-state index contributed by atoms with van der Waals surface area (Å²) in [5.74, 6) is 0. The lowest BCUT2D eigenvalue weighted by Crippen LogP contribution is -2.41. The highest BCUT2D eigenvalue weighted by molar-refractivity contribution is 4.83. The maximum Gasteiger partial charge on any atom is 0.169 e. The summed E-state index contributed by atoms with van der Waals surface area (Å²) in [7, 11) is 3.36. The molecule has 1 fully saturated rings. The first-order valence-electron chi connectivity index (χ1n) is 5.86. The number of ether oxygens (including phenoxy) is 2. The van der Waals surface area contributed by atoms with Crippen molar-refractivity contribution in [2.75, 3.05) is 20.8 Å². The SMILES string of the molecule is COC(CNC1CCCC(C)(C)C1)OC. The number of methoxy groups -OCH3 is 2. The van der Waals surface area contributed by atoms with Crippen molar-refractivity contribution in [1.82, 2.24) is 5.32 Å². The first-order valence-corrected chi connectivity index (χ1v) is 5.86. The van der Waals surface area contributed by atoms with Crippen LogP contribution in [-0.2, 0) is 9.47 Å². The summed E-state index contributed by atoms with van der Waals surface area (Å²) in [5.41, 5.74) is 0.492. The third-order valence-electron chi connectivity index (χ3n) is 3.30. The van der Waals surface area contributed by atoms with E-state index in [2.05, 4.69) is 19.2 Å². The van der Waals surface area contributed by atoms with Crippen molar-refractivity contribution in [2.24, 2.45) is 5.41 Å². The lowest BCUT2D eigenvalue weighted by atomic mass is 9.75. The Hall–Kier alpha value is -0.120. The molecule has 1 atom stereocenters. The summed E-state index contributed by atoms with van der Waals surface area (Å²) in [5, 5.41) is 3.53. The van der Waals surface area contributed by atoms with Crippen molar-refractivity contribution < 1.29 is 9.47 Å². The number of nitrogens with one attached hydrogen (secondary N) is 1. The smallest absolute Gasteiger partial charge is 0.169 e. The van der Waals surface area contributed by atoms with E-state index >= 15 is 0 Å². The molecule has 1 aliphatic carbocycles. The molecule has 0 spiro atoms. The monoisotopic (exact) mass is 215 g/mol. The van der Waals surface area contributed by atoms with Crippen LogP contribution in [-0.4, -0.2) is 33.1 Å². The highest BCUT2D eigenvalue weighted by Gasteiger charge is 2.27. The lowest BCUT2D eigenvalue weighted by Gasteiger charge is -2.36. The fraction of sp³-hybridized carbons (Fsp3) is 1.00. The second-order valence-corrected chi connectivity index (χ2v) is 5.27. The normalized spacial score (nSPS) is 25.8. The van der Waals surface area contributed by atoms with Gasteiger partial charge in [-0.2, -0.15) is 0 Å². The average molecular weight is 215 g/mol. The van der Waals surface area contributed by atoms with Crippen LogP contribution in [0.5, 0.6) is 0 Å². The molecule has 0 heterocycles. The van der Waals surface area contributed by atoms with Crippen molar-refractivity contribution in [2.45, 2.75) is 51.9 Å². The van der Waals surface area contributed by atoms with Crippen molar-refractivity contribution in [1.29, 1.82) is 0 Å². The highest BCUT2D eigenvalue weighted by atomic mass is 16.7. The summed E-state index contributed by atoms with van der Waals surface area (Å²) < 4.78 is 10.3. The van der Waals surface area contributed by atoms with Crippen molar-refractivity contribution in [3.8, 4) is 0 Å². The van der Waals surface area contributed by atoms with E-state index in [1.165, 1.54) is 25.7 Å². The Labute approximate surface area is 93.5 Å². The third kappa shape index (κ3) is 4.49. The Morgan fingerprint density at radius 3 is 2.53 bits per heavy atom. The Morgan fingerprint density at radius 1 is 1.33 bits per heavy atom. The predicted octanol–water partition coefficient (Wildman–Crippen LogP) is 2.16. The first-order chi connectivity index (χ1) is 7.07. The zero-order valence-electron chi connectivity index (χ0n) is 10.5. The van der Waals surface area contributed by atoms with Crippen molar-refractivity contribution >= 4 is 0 Å². The molecule has 1 N–H and O–H groups in total. The van der Waals surface area contributed by atoms with Crippen LogP contribution >= 0.6 is 0 Å². The minimum Gasteiger partial charge on any atom is -0.355 e. The lowest BCUT2D eigenvalue weighted by molar-refractivity contribution is -0.101. The van der Waals surface area contributed by atoms with Crippen LogP contribution in [0.2, 0.25) is 0 Å². The van der Waals surface area contributed by atoms with Crippen LogP contribution in [0.1, 0.15) is 39.5 Å². The van der Waals surface area contributed by atoms with E-state index in [1.807, 2.05) is 0 Å². The van der Waals surface area contributed by atoms with Gasteiger partial charge in [0.1, 0.15) is 0 Å². The molecule has 0 aromatic rings. The van der Waals surface area contributed by atoms with E-state index in [1.54, 1.807) is 14.2 Å². The fourth-order valence-corrected chi connectivity index (χ4v) is 2.40. The zero-order chi connectivity index (χ0) is 11.3. The van der Waals surface area contributed by atoms with Gasteiger partial charge >= 0.3 is 0 Å². The zero-order valence-corrected chi connectivity index (χ0v) is 10.5. The van der Waals surface area contributed by atoms with Gasteiger partial charge < -0.3 is 14.8 Å². The molecule has 0 radical (unpaired) electrons. The molecule has 1 unspecified atom stereocenters. The van der Waals surface area contributed by atoms with Gasteiger partial charge in [-0.25, -0.2) is 0 Å². The van der Waals surface area contributed by atoms with Crippen LogP contribution in [0.3, 0.4) is 0 Å². The van der Waals surface area contributed by atoms with Gasteiger partial charge in [-0.15, -0.1) is 0 Å². The summed E-state index contributed by atoms with van der Waals surface area (Å²) in [6.45, 7) is 5.49. The maximum absolute atomic E-state index is 5.16. The van der Waals surface area contributed by atoms with Crippen LogP contribution in [0.4, 0.5) is 0 Å². The molecule has 0 aromatic heterocycles. The standard InChI is InChI=1S/C12H25NO2/c1-12(2)7-5-6-10(8-12)13-9-11(14-3)15-4/h10-11,13H,5-9H2,1-4H3. The van der Waals surface area contributed by atoms with Crippen molar-refractivity contribution in [3.63, 3.8) is 0 Å². The van der Waals surface area contributed by atoms with E-state index in [0.717, 1.165) is 6.54 Å². The van der Waals surface area contributed by atoms with E-state index in [9.17, 15) is 0 Å². The fourth-order valence-electron chi connectivity index (χ4n) is 2.40. The molecule has 0 aromatic carbocycles. The second kappa shape index (κ2) is 5.83. The molecule has 90 valence electrons. The number of rotatable bonds is 5. The Kier molecular flexibility index (Phi) is 5.03. The van der Waals surface area contributed by atoms with Gasteiger partial charge in [-0.05, 0) is 24.7 Å². The third-order valence-corrected chi connectivity index (χ3v) is 3.30. The summed E-state index contributed by atoms with van der Waals surface area (Å²) in [6.07, 6.45) is 5.10. The Morgan fingerprint density at radius 2 is 2.00 bits per heavy atom. The average Bonchev–Trinajstić information content (AvgIpc) is 2.18. The molecule has 1 saturated carbocycles. The van der Waals surface area contributed by atoms with E-state index in [0.29, 0.717) is 11.5 Å². The van der Waals surface area contributed by atoms with Crippen LogP contribution in [0.15, 0.2) is 0 Å². The minimum absolute atomic E-state index is 0.116. The van der Waals surface area contributed by atoms with Crippen LogP contribution in [0.25, 0.3) is 0 Å². The van der Waals surface area contributed by atoms with Crippen LogP contribution < -0.4 is 5.32 Å². The van der Waals surface area contributed by atoms with Crippen LogP contribution in [0, 0.1) is 5.41 Å². The molecule has 1 rings (SSSR count). The van der Waals surface area contributed by atoms with Gasteiger partial charge in [0.15, 0.2) is 6.29 Å². The van der Waals surface area contributed by atoms with Gasteiger partial charge in [-0.1, -0.05) is 20.3 Å². The minimum atomic E-state index is -0.116. The maximum atomic E-state index is 5.16. The predicted molar refractivity (Wildman–Crippen MR) is 61.8 cm³/mol. The molecule has 0 amide bonds. The van der Waals surface area contributed by atoms with Gasteiger partial charge in [-0.3, -0.25) is 0 Å². The van der Waals surface area contributed by atoms with Gasteiger partial charge in [0.25, 0.3) is 0 Å². The molecule has 0 saturated heterocycles. The molecule has 0 bridgehead atoms. The Bertz CT molecular complexity index is 178. The first kappa shape index (κ1) is 12.9. The second-order valence-electron chi connectivity index (χ2n) is 5.27. The van der Waals surface area contributed by atoms with E-state index in [-0.39, 0.29) is 6.29 Å². The van der Waals surface area contributed by atoms with E-state index in [4.69, 9.17) is 9.47 Å². The quantitative estimate of drug-likeness (QED) is 0.713. The molecule has 3 heteroatoms. The summed E-state index contributed by atoms with van der Waals surface area (Å²) in [6, 6.07) is 0.626. The number of hydrogen-bond donors (Lipinski definition) is 1. The van der Waals surface area contributed by atoms with Gasteiger partial charge in [0.2, 0.25) is 0 Å². The Balaban J connectivity index is 2.26. The number of hydrogen-bond acceptors (Lipinski definition) is 3. The molecule has 3 nitrogen and oxygen atoms in total.